The van der Waals surface area contributed by atoms with Gasteiger partial charge in [0.25, 0.3) is 5.56 Å². The lowest BCUT2D eigenvalue weighted by Crippen LogP contribution is -2.33. The quantitative estimate of drug-likeness (QED) is 0.534. The van der Waals surface area contributed by atoms with Crippen LogP contribution in [0.3, 0.4) is 0 Å². The third-order valence-electron chi connectivity index (χ3n) is 5.65. The number of carbonyl (C=O) groups excluding carboxylic acids is 1. The fourth-order valence-electron chi connectivity index (χ4n) is 4.18. The van der Waals surface area contributed by atoms with E-state index in [0.29, 0.717) is 6.54 Å². The molecule has 0 unspecified atom stereocenters. The van der Waals surface area contributed by atoms with Crippen molar-refractivity contribution in [2.24, 2.45) is 0 Å². The predicted octanol–water partition coefficient (Wildman–Crippen LogP) is 3.18. The molecule has 7 heteroatoms. The Morgan fingerprint density at radius 3 is 3.03 bits per heavy atom. The molecular weight excluding hydrogens is 384 g/mol. The Hall–Kier alpha value is -2.93. The number of aromatic amines is 1. The zero-order valence-corrected chi connectivity index (χ0v) is 16.8. The minimum Gasteiger partial charge on any atom is -0.361 e. The predicted molar refractivity (Wildman–Crippen MR) is 116 cm³/mol. The summed E-state index contributed by atoms with van der Waals surface area (Å²) in [5.74, 6) is -0.169. The molecule has 0 bridgehead atoms. The van der Waals surface area contributed by atoms with Gasteiger partial charge in [0, 0.05) is 28.5 Å². The minimum absolute atomic E-state index is 0.000276. The molecule has 3 heterocycles. The molecule has 0 saturated heterocycles. The van der Waals surface area contributed by atoms with Crippen LogP contribution in [0.15, 0.2) is 41.6 Å². The summed E-state index contributed by atoms with van der Waals surface area (Å²) >= 11 is 1.63. The van der Waals surface area contributed by atoms with Gasteiger partial charge in [0.2, 0.25) is 5.91 Å². The average Bonchev–Trinajstić information content (AvgIpc) is 3.32. The first-order chi connectivity index (χ1) is 14.2. The second kappa shape index (κ2) is 7.48. The Balaban J connectivity index is 1.27. The number of nitrogens with zero attached hydrogens (tertiary/aromatic N) is 2. The SMILES string of the molecule is O=C(Cn1cnc2sc3c(c2c1=O)CCCC3)NCCc1c[nH]c2ccccc12. The van der Waals surface area contributed by atoms with Gasteiger partial charge in [-0.2, -0.15) is 0 Å². The molecule has 0 atom stereocenters. The summed E-state index contributed by atoms with van der Waals surface area (Å²) in [6.07, 6.45) is 8.48. The third kappa shape index (κ3) is 3.35. The standard InChI is InChI=1S/C22H22N4O2S/c27-19(23-10-9-14-11-24-17-7-3-1-5-15(14)17)12-26-13-25-21-20(22(26)28)16-6-2-4-8-18(16)29-21/h1,3,5,7,11,13,24H,2,4,6,8-10,12H2,(H,23,27). The number of thiophene rings is 1. The lowest BCUT2D eigenvalue weighted by atomic mass is 9.97. The molecule has 1 aromatic carbocycles. The number of aromatic nitrogens is 3. The highest BCUT2D eigenvalue weighted by atomic mass is 32.1. The molecule has 148 valence electrons. The van der Waals surface area contributed by atoms with Crippen molar-refractivity contribution in [3.63, 3.8) is 0 Å². The maximum atomic E-state index is 12.9. The second-order valence-corrected chi connectivity index (χ2v) is 8.61. The number of nitrogens with one attached hydrogen (secondary N) is 2. The van der Waals surface area contributed by atoms with Crippen LogP contribution in [0.4, 0.5) is 0 Å². The maximum Gasteiger partial charge on any atom is 0.262 e. The molecule has 6 nitrogen and oxygen atoms in total. The summed E-state index contributed by atoms with van der Waals surface area (Å²) in [5.41, 5.74) is 3.33. The summed E-state index contributed by atoms with van der Waals surface area (Å²) in [6, 6.07) is 8.12. The van der Waals surface area contributed by atoms with Gasteiger partial charge < -0.3 is 10.3 Å². The van der Waals surface area contributed by atoms with E-state index < -0.39 is 0 Å². The van der Waals surface area contributed by atoms with E-state index in [0.717, 1.165) is 47.0 Å². The number of para-hydroxylation sites is 1. The van der Waals surface area contributed by atoms with Crippen LogP contribution < -0.4 is 10.9 Å². The summed E-state index contributed by atoms with van der Waals surface area (Å²) in [4.78, 5) is 35.2. The van der Waals surface area contributed by atoms with Crippen molar-refractivity contribution in [2.45, 2.75) is 38.6 Å². The molecule has 3 aromatic heterocycles. The Morgan fingerprint density at radius 2 is 2.10 bits per heavy atom. The normalized spacial score (nSPS) is 13.7. The molecule has 0 radical (unpaired) electrons. The van der Waals surface area contributed by atoms with Crippen molar-refractivity contribution in [3.8, 4) is 0 Å². The molecular formula is C22H22N4O2S. The first kappa shape index (κ1) is 18.1. The summed E-state index contributed by atoms with van der Waals surface area (Å²) in [5, 5.41) is 4.82. The van der Waals surface area contributed by atoms with E-state index in [1.54, 1.807) is 11.3 Å². The molecule has 1 aliphatic rings. The van der Waals surface area contributed by atoms with Gasteiger partial charge in [-0.25, -0.2) is 4.98 Å². The summed E-state index contributed by atoms with van der Waals surface area (Å²) in [6.45, 7) is 0.527. The molecule has 4 aromatic rings. The Labute approximate surface area is 171 Å². The van der Waals surface area contributed by atoms with E-state index in [1.807, 2.05) is 24.4 Å². The molecule has 0 saturated carbocycles. The average molecular weight is 407 g/mol. The number of fused-ring (bicyclic) bond motifs is 4. The van der Waals surface area contributed by atoms with Gasteiger partial charge in [0.05, 0.1) is 11.7 Å². The van der Waals surface area contributed by atoms with Crippen molar-refractivity contribution in [1.29, 1.82) is 0 Å². The highest BCUT2D eigenvalue weighted by Gasteiger charge is 2.20. The van der Waals surface area contributed by atoms with Crippen LogP contribution >= 0.6 is 11.3 Å². The van der Waals surface area contributed by atoms with Crippen molar-refractivity contribution >= 4 is 38.4 Å². The monoisotopic (exact) mass is 406 g/mol. The maximum absolute atomic E-state index is 12.9. The lowest BCUT2D eigenvalue weighted by Gasteiger charge is -2.10. The van der Waals surface area contributed by atoms with Crippen molar-refractivity contribution in [1.82, 2.24) is 19.9 Å². The van der Waals surface area contributed by atoms with Gasteiger partial charge in [-0.15, -0.1) is 11.3 Å². The first-order valence-corrected chi connectivity index (χ1v) is 10.8. The van der Waals surface area contributed by atoms with E-state index in [1.165, 1.54) is 33.1 Å². The number of aryl methyl sites for hydroxylation is 2. The Kier molecular flexibility index (Phi) is 4.67. The van der Waals surface area contributed by atoms with Crippen molar-refractivity contribution in [2.75, 3.05) is 6.54 Å². The molecule has 0 aliphatic heterocycles. The van der Waals surface area contributed by atoms with E-state index in [-0.39, 0.29) is 18.0 Å². The van der Waals surface area contributed by atoms with E-state index in [9.17, 15) is 9.59 Å². The number of hydrogen-bond donors (Lipinski definition) is 2. The van der Waals surface area contributed by atoms with Crippen LogP contribution in [0.25, 0.3) is 21.1 Å². The van der Waals surface area contributed by atoms with Gasteiger partial charge >= 0.3 is 0 Å². The third-order valence-corrected chi connectivity index (χ3v) is 6.85. The van der Waals surface area contributed by atoms with Gasteiger partial charge in [0.1, 0.15) is 11.4 Å². The van der Waals surface area contributed by atoms with Gasteiger partial charge in [0.15, 0.2) is 0 Å². The van der Waals surface area contributed by atoms with E-state index in [4.69, 9.17) is 0 Å². The number of hydrogen-bond acceptors (Lipinski definition) is 4. The van der Waals surface area contributed by atoms with Crippen LogP contribution in [0, 0.1) is 0 Å². The molecule has 1 amide bonds. The molecule has 5 rings (SSSR count). The highest BCUT2D eigenvalue weighted by molar-refractivity contribution is 7.18. The zero-order valence-electron chi connectivity index (χ0n) is 16.0. The van der Waals surface area contributed by atoms with Gasteiger partial charge in [-0.05, 0) is 49.3 Å². The van der Waals surface area contributed by atoms with Crippen LogP contribution in [-0.4, -0.2) is 27.0 Å². The Bertz CT molecular complexity index is 1270. The molecule has 0 fully saturated rings. The molecule has 2 N–H and O–H groups in total. The van der Waals surface area contributed by atoms with Crippen molar-refractivity contribution < 1.29 is 4.79 Å². The Morgan fingerprint density at radius 1 is 1.24 bits per heavy atom. The van der Waals surface area contributed by atoms with Crippen LogP contribution in [0.2, 0.25) is 0 Å². The molecule has 29 heavy (non-hydrogen) atoms. The number of benzene rings is 1. The van der Waals surface area contributed by atoms with E-state index in [2.05, 4.69) is 21.4 Å². The zero-order chi connectivity index (χ0) is 19.8. The number of rotatable bonds is 5. The number of carbonyl (C=O) groups is 1. The van der Waals surface area contributed by atoms with Crippen molar-refractivity contribution in [3.05, 3.63) is 63.1 Å². The minimum atomic E-state index is -0.169. The van der Waals surface area contributed by atoms with Gasteiger partial charge in [-0.3, -0.25) is 14.2 Å². The molecule has 1 aliphatic carbocycles. The first-order valence-electron chi connectivity index (χ1n) is 10.0. The smallest absolute Gasteiger partial charge is 0.262 e. The number of amides is 1. The van der Waals surface area contributed by atoms with Gasteiger partial charge in [-0.1, -0.05) is 18.2 Å². The van der Waals surface area contributed by atoms with Crippen LogP contribution in [0.5, 0.6) is 0 Å². The van der Waals surface area contributed by atoms with E-state index >= 15 is 0 Å². The lowest BCUT2D eigenvalue weighted by molar-refractivity contribution is -0.121. The van der Waals surface area contributed by atoms with Crippen LogP contribution in [-0.2, 0) is 30.6 Å². The highest BCUT2D eigenvalue weighted by Crippen LogP contribution is 2.33. The summed E-state index contributed by atoms with van der Waals surface area (Å²) < 4.78 is 1.44. The summed E-state index contributed by atoms with van der Waals surface area (Å²) in [7, 11) is 0. The number of H-pyrrole nitrogens is 1. The molecule has 0 spiro atoms. The topological polar surface area (TPSA) is 79.8 Å². The largest absolute Gasteiger partial charge is 0.361 e. The fourth-order valence-corrected chi connectivity index (χ4v) is 5.40. The fraction of sp³-hybridized carbons (Fsp3) is 0.318. The second-order valence-electron chi connectivity index (χ2n) is 7.53. The van der Waals surface area contributed by atoms with Crippen LogP contribution in [0.1, 0.15) is 28.8 Å².